The van der Waals surface area contributed by atoms with E-state index in [-0.39, 0.29) is 11.7 Å². The average molecular weight is 374 g/mol. The van der Waals surface area contributed by atoms with Crippen molar-refractivity contribution in [2.75, 3.05) is 6.54 Å². The first-order chi connectivity index (χ1) is 13.7. The standard InChI is InChI=1S/C22H19FN4O/c23-18-9-10-21-25-20(16-27(21)15-18)22(28)26(14-17-6-2-1-3-7-17)13-11-19-8-4-5-12-24-19/h1-10,12,15-16H,11,13-14H2. The Balaban J connectivity index is 1.59. The Morgan fingerprint density at radius 1 is 1.00 bits per heavy atom. The van der Waals surface area contributed by atoms with E-state index in [1.54, 1.807) is 23.4 Å². The molecule has 0 bridgehead atoms. The molecule has 1 amide bonds. The normalized spacial score (nSPS) is 10.9. The van der Waals surface area contributed by atoms with Gasteiger partial charge in [0.25, 0.3) is 5.91 Å². The number of halogens is 1. The molecule has 0 radical (unpaired) electrons. The van der Waals surface area contributed by atoms with Gasteiger partial charge in [-0.05, 0) is 29.8 Å². The number of hydrogen-bond acceptors (Lipinski definition) is 3. The van der Waals surface area contributed by atoms with Gasteiger partial charge in [-0.1, -0.05) is 36.4 Å². The molecule has 0 saturated carbocycles. The second-order valence-electron chi connectivity index (χ2n) is 6.52. The molecule has 28 heavy (non-hydrogen) atoms. The Hall–Kier alpha value is -3.54. The van der Waals surface area contributed by atoms with Gasteiger partial charge in [-0.25, -0.2) is 9.37 Å². The summed E-state index contributed by atoms with van der Waals surface area (Å²) in [5.41, 5.74) is 2.79. The Labute approximate surface area is 162 Å². The second kappa shape index (κ2) is 8.00. The van der Waals surface area contributed by atoms with Crippen LogP contribution >= 0.6 is 0 Å². The summed E-state index contributed by atoms with van der Waals surface area (Å²) in [6, 6.07) is 18.4. The Bertz CT molecular complexity index is 1080. The summed E-state index contributed by atoms with van der Waals surface area (Å²) in [5, 5.41) is 0. The average Bonchev–Trinajstić information content (AvgIpc) is 3.15. The summed E-state index contributed by atoms with van der Waals surface area (Å²) >= 11 is 0. The van der Waals surface area contributed by atoms with Gasteiger partial charge in [0.2, 0.25) is 0 Å². The highest BCUT2D eigenvalue weighted by Crippen LogP contribution is 2.13. The monoisotopic (exact) mass is 374 g/mol. The van der Waals surface area contributed by atoms with Crippen molar-refractivity contribution in [1.29, 1.82) is 0 Å². The maximum atomic E-state index is 13.5. The SMILES string of the molecule is O=C(c1cn2cc(F)ccc2n1)N(CCc1ccccn1)Cc1ccccc1. The number of pyridine rings is 2. The van der Waals surface area contributed by atoms with Crippen molar-refractivity contribution in [2.45, 2.75) is 13.0 Å². The summed E-state index contributed by atoms with van der Waals surface area (Å²) in [6.45, 7) is 0.974. The molecule has 3 aromatic heterocycles. The number of amides is 1. The fraction of sp³-hybridized carbons (Fsp3) is 0.136. The maximum absolute atomic E-state index is 13.5. The molecule has 0 fully saturated rings. The molecule has 3 heterocycles. The number of carbonyl (C=O) groups is 1. The highest BCUT2D eigenvalue weighted by atomic mass is 19.1. The number of rotatable bonds is 6. The highest BCUT2D eigenvalue weighted by Gasteiger charge is 2.19. The molecule has 0 N–H and O–H groups in total. The van der Waals surface area contributed by atoms with Crippen LogP contribution in [0.1, 0.15) is 21.7 Å². The van der Waals surface area contributed by atoms with Crippen LogP contribution in [0, 0.1) is 5.82 Å². The van der Waals surface area contributed by atoms with Gasteiger partial charge < -0.3 is 9.30 Å². The fourth-order valence-corrected chi connectivity index (χ4v) is 3.08. The van der Waals surface area contributed by atoms with Crippen molar-refractivity contribution in [3.05, 3.63) is 102 Å². The summed E-state index contributed by atoms with van der Waals surface area (Å²) < 4.78 is 15.0. The van der Waals surface area contributed by atoms with Crippen LogP contribution < -0.4 is 0 Å². The van der Waals surface area contributed by atoms with Crippen molar-refractivity contribution >= 4 is 11.6 Å². The lowest BCUT2D eigenvalue weighted by atomic mass is 10.2. The van der Waals surface area contributed by atoms with E-state index in [1.807, 2.05) is 48.5 Å². The third kappa shape index (κ3) is 4.06. The van der Waals surface area contributed by atoms with Crippen molar-refractivity contribution in [3.63, 3.8) is 0 Å². The predicted octanol–water partition coefficient (Wildman–Crippen LogP) is 3.75. The van der Waals surface area contributed by atoms with E-state index < -0.39 is 0 Å². The van der Waals surface area contributed by atoms with E-state index in [2.05, 4.69) is 9.97 Å². The number of fused-ring (bicyclic) bond motifs is 1. The molecule has 140 valence electrons. The first kappa shape index (κ1) is 17.9. The molecule has 0 aliphatic carbocycles. The third-order valence-corrected chi connectivity index (χ3v) is 4.50. The Kier molecular flexibility index (Phi) is 5.10. The number of carbonyl (C=O) groups excluding carboxylic acids is 1. The van der Waals surface area contributed by atoms with Crippen LogP contribution in [0.2, 0.25) is 0 Å². The van der Waals surface area contributed by atoms with Crippen molar-refractivity contribution < 1.29 is 9.18 Å². The fourth-order valence-electron chi connectivity index (χ4n) is 3.08. The summed E-state index contributed by atoms with van der Waals surface area (Å²) in [5.74, 6) is -0.566. The summed E-state index contributed by atoms with van der Waals surface area (Å²) in [4.78, 5) is 23.6. The topological polar surface area (TPSA) is 50.5 Å². The quantitative estimate of drug-likeness (QED) is 0.516. The number of aromatic nitrogens is 3. The molecular weight excluding hydrogens is 355 g/mol. The van der Waals surface area contributed by atoms with E-state index in [1.165, 1.54) is 16.7 Å². The lowest BCUT2D eigenvalue weighted by molar-refractivity contribution is 0.0739. The van der Waals surface area contributed by atoms with Crippen LogP contribution in [-0.2, 0) is 13.0 Å². The summed E-state index contributed by atoms with van der Waals surface area (Å²) in [7, 11) is 0. The first-order valence-corrected chi connectivity index (χ1v) is 9.06. The largest absolute Gasteiger partial charge is 0.333 e. The van der Waals surface area contributed by atoms with Gasteiger partial charge in [-0.15, -0.1) is 0 Å². The Morgan fingerprint density at radius 2 is 1.82 bits per heavy atom. The van der Waals surface area contributed by atoms with Gasteiger partial charge in [-0.3, -0.25) is 9.78 Å². The Morgan fingerprint density at radius 3 is 2.61 bits per heavy atom. The van der Waals surface area contributed by atoms with Gasteiger partial charge >= 0.3 is 0 Å². The molecule has 0 atom stereocenters. The van der Waals surface area contributed by atoms with E-state index in [9.17, 15) is 9.18 Å². The molecule has 1 aromatic carbocycles. The number of imidazole rings is 1. The lowest BCUT2D eigenvalue weighted by Gasteiger charge is -2.22. The minimum absolute atomic E-state index is 0.191. The predicted molar refractivity (Wildman–Crippen MR) is 104 cm³/mol. The van der Waals surface area contributed by atoms with Gasteiger partial charge in [0.1, 0.15) is 17.2 Å². The van der Waals surface area contributed by atoms with E-state index in [0.717, 1.165) is 11.3 Å². The minimum Gasteiger partial charge on any atom is -0.333 e. The molecule has 0 aliphatic rings. The molecule has 0 saturated heterocycles. The van der Waals surface area contributed by atoms with Gasteiger partial charge in [0, 0.05) is 43.8 Å². The smallest absolute Gasteiger partial charge is 0.274 e. The maximum Gasteiger partial charge on any atom is 0.274 e. The molecule has 5 nitrogen and oxygen atoms in total. The molecular formula is C22H19FN4O. The highest BCUT2D eigenvalue weighted by molar-refractivity contribution is 5.92. The van der Waals surface area contributed by atoms with E-state index >= 15 is 0 Å². The zero-order chi connectivity index (χ0) is 19.3. The van der Waals surface area contributed by atoms with Gasteiger partial charge in [0.05, 0.1) is 0 Å². The minimum atomic E-state index is -0.375. The van der Waals surface area contributed by atoms with Crippen molar-refractivity contribution in [3.8, 4) is 0 Å². The van der Waals surface area contributed by atoms with Crippen LogP contribution in [0.4, 0.5) is 4.39 Å². The van der Waals surface area contributed by atoms with E-state index in [0.29, 0.717) is 30.9 Å². The molecule has 0 unspecified atom stereocenters. The van der Waals surface area contributed by atoms with Gasteiger partial charge in [0.15, 0.2) is 0 Å². The zero-order valence-corrected chi connectivity index (χ0v) is 15.2. The zero-order valence-electron chi connectivity index (χ0n) is 15.2. The van der Waals surface area contributed by atoms with Crippen LogP contribution in [0.3, 0.4) is 0 Å². The lowest BCUT2D eigenvalue weighted by Crippen LogP contribution is -2.33. The number of hydrogen-bond donors (Lipinski definition) is 0. The first-order valence-electron chi connectivity index (χ1n) is 9.06. The number of nitrogens with zero attached hydrogens (tertiary/aromatic N) is 4. The van der Waals surface area contributed by atoms with Crippen LogP contribution in [0.15, 0.2) is 79.3 Å². The van der Waals surface area contributed by atoms with Crippen LogP contribution in [-0.4, -0.2) is 31.7 Å². The molecule has 6 heteroatoms. The van der Waals surface area contributed by atoms with Gasteiger partial charge in [-0.2, -0.15) is 0 Å². The van der Waals surface area contributed by atoms with Crippen molar-refractivity contribution in [2.24, 2.45) is 0 Å². The molecule has 0 aliphatic heterocycles. The van der Waals surface area contributed by atoms with Crippen molar-refractivity contribution in [1.82, 2.24) is 19.3 Å². The summed E-state index contributed by atoms with van der Waals surface area (Å²) in [6.07, 6.45) is 5.27. The molecule has 4 rings (SSSR count). The molecule has 0 spiro atoms. The van der Waals surface area contributed by atoms with Crippen LogP contribution in [0.25, 0.3) is 5.65 Å². The van der Waals surface area contributed by atoms with E-state index in [4.69, 9.17) is 0 Å². The second-order valence-corrected chi connectivity index (χ2v) is 6.52. The number of benzene rings is 1. The van der Waals surface area contributed by atoms with Crippen LogP contribution in [0.5, 0.6) is 0 Å². The third-order valence-electron chi connectivity index (χ3n) is 4.50. The molecule has 4 aromatic rings.